The highest BCUT2D eigenvalue weighted by molar-refractivity contribution is 5.97. The summed E-state index contributed by atoms with van der Waals surface area (Å²) in [6, 6.07) is 6.66. The molecule has 3 N–H and O–H groups in total. The van der Waals surface area contributed by atoms with Crippen LogP contribution in [0.2, 0.25) is 0 Å². The molecular weight excluding hydrogens is 300 g/mol. The zero-order chi connectivity index (χ0) is 16.6. The number of hydrogen-bond acceptors (Lipinski definition) is 4. The van der Waals surface area contributed by atoms with Gasteiger partial charge in [0.1, 0.15) is 5.92 Å². The fourth-order valence-electron chi connectivity index (χ4n) is 3.02. The Balaban J connectivity index is 1.75. The van der Waals surface area contributed by atoms with E-state index in [-0.39, 0.29) is 5.91 Å². The summed E-state index contributed by atoms with van der Waals surface area (Å²) in [6.07, 6.45) is 2.34. The minimum atomic E-state index is -1.05. The van der Waals surface area contributed by atoms with E-state index in [0.29, 0.717) is 11.4 Å². The van der Waals surface area contributed by atoms with Crippen LogP contribution in [0.25, 0.3) is 0 Å². The van der Waals surface area contributed by atoms with Gasteiger partial charge in [-0.2, -0.15) is 0 Å². The second-order valence-corrected chi connectivity index (χ2v) is 5.59. The highest BCUT2D eigenvalue weighted by Gasteiger charge is 2.53. The highest BCUT2D eigenvalue weighted by atomic mass is 16.5. The number of carboxylic acids is 1. The molecule has 0 aliphatic carbocycles. The number of carbonyl (C=O) groups is 3. The largest absolute Gasteiger partial charge is 0.481 e. The molecule has 0 unspecified atom stereocenters. The number of ether oxygens (including phenoxy) is 1. The Bertz CT molecular complexity index is 699. The minimum Gasteiger partial charge on any atom is -0.481 e. The number of benzene rings is 1. The number of carbonyl (C=O) groups excluding carboxylic acids is 2. The molecule has 0 spiro atoms. The number of rotatable bonds is 4. The molecule has 120 valence electrons. The number of carboxylic acid groups (broad SMARTS) is 1. The minimum absolute atomic E-state index is 0.217. The Morgan fingerprint density at radius 1 is 1.04 bits per heavy atom. The van der Waals surface area contributed by atoms with Crippen LogP contribution in [0, 0.1) is 11.8 Å². The maximum Gasteiger partial charge on any atom is 0.310 e. The van der Waals surface area contributed by atoms with Crippen molar-refractivity contribution in [3.8, 4) is 0 Å². The van der Waals surface area contributed by atoms with Crippen molar-refractivity contribution in [3.05, 3.63) is 36.4 Å². The van der Waals surface area contributed by atoms with Gasteiger partial charge in [-0.25, -0.2) is 0 Å². The summed E-state index contributed by atoms with van der Waals surface area (Å²) in [6.45, 7) is 1.39. The molecule has 1 saturated heterocycles. The van der Waals surface area contributed by atoms with Gasteiger partial charge in [0.15, 0.2) is 0 Å². The maximum atomic E-state index is 12.5. The van der Waals surface area contributed by atoms with E-state index in [1.165, 1.54) is 6.92 Å². The van der Waals surface area contributed by atoms with E-state index in [2.05, 4.69) is 10.6 Å². The average molecular weight is 316 g/mol. The van der Waals surface area contributed by atoms with Crippen molar-refractivity contribution in [1.82, 2.24) is 0 Å². The summed E-state index contributed by atoms with van der Waals surface area (Å²) in [5.74, 6) is -3.33. The van der Waals surface area contributed by atoms with Gasteiger partial charge in [-0.15, -0.1) is 0 Å². The van der Waals surface area contributed by atoms with Crippen LogP contribution in [0.5, 0.6) is 0 Å². The molecule has 7 heteroatoms. The van der Waals surface area contributed by atoms with Crippen molar-refractivity contribution < 1.29 is 24.2 Å². The third-order valence-corrected chi connectivity index (χ3v) is 3.94. The van der Waals surface area contributed by atoms with Gasteiger partial charge in [0, 0.05) is 18.3 Å². The van der Waals surface area contributed by atoms with Crippen LogP contribution in [-0.2, 0) is 19.1 Å². The fraction of sp³-hybridized carbons (Fsp3) is 0.312. The highest BCUT2D eigenvalue weighted by Crippen LogP contribution is 2.39. The first-order chi connectivity index (χ1) is 11.0. The Morgan fingerprint density at radius 3 is 2.26 bits per heavy atom. The van der Waals surface area contributed by atoms with Crippen molar-refractivity contribution in [1.29, 1.82) is 0 Å². The summed E-state index contributed by atoms with van der Waals surface area (Å²) in [5.41, 5.74) is 1.03. The third kappa shape index (κ3) is 2.95. The number of fused-ring (bicyclic) bond motifs is 2. The molecule has 7 nitrogen and oxygen atoms in total. The molecular formula is C16H16N2O5. The van der Waals surface area contributed by atoms with Gasteiger partial charge in [0.05, 0.1) is 18.1 Å². The van der Waals surface area contributed by atoms with Gasteiger partial charge < -0.3 is 20.5 Å². The molecule has 2 aliphatic heterocycles. The molecule has 3 rings (SSSR count). The lowest BCUT2D eigenvalue weighted by atomic mass is 9.82. The summed E-state index contributed by atoms with van der Waals surface area (Å²) >= 11 is 0. The SMILES string of the molecule is CC(=O)Nc1cccc(NC(=O)[C@H]2[C@@H](C(=O)O)[C@@H]3C=C[C@@H]2O3)c1. The molecule has 2 bridgehead atoms. The molecule has 2 aliphatic rings. The molecule has 2 heterocycles. The van der Waals surface area contributed by atoms with Crippen LogP contribution in [0.15, 0.2) is 36.4 Å². The number of nitrogens with one attached hydrogen (secondary N) is 2. The number of anilines is 2. The van der Waals surface area contributed by atoms with Crippen molar-refractivity contribution >= 4 is 29.2 Å². The molecule has 1 fully saturated rings. The first-order valence-corrected chi connectivity index (χ1v) is 7.21. The maximum absolute atomic E-state index is 12.5. The first kappa shape index (κ1) is 15.2. The lowest BCUT2D eigenvalue weighted by Gasteiger charge is -2.21. The normalized spacial score (nSPS) is 27.7. The number of hydrogen-bond donors (Lipinski definition) is 3. The molecule has 1 aromatic carbocycles. The Kier molecular flexibility index (Phi) is 3.87. The van der Waals surface area contributed by atoms with E-state index in [1.807, 2.05) is 0 Å². The van der Waals surface area contributed by atoms with Crippen LogP contribution < -0.4 is 10.6 Å². The number of amides is 2. The van der Waals surface area contributed by atoms with Gasteiger partial charge in [0.25, 0.3) is 0 Å². The van der Waals surface area contributed by atoms with Gasteiger partial charge in [-0.05, 0) is 18.2 Å². The zero-order valence-corrected chi connectivity index (χ0v) is 12.4. The van der Waals surface area contributed by atoms with Crippen LogP contribution in [0.4, 0.5) is 11.4 Å². The van der Waals surface area contributed by atoms with E-state index in [4.69, 9.17) is 4.74 Å². The molecule has 23 heavy (non-hydrogen) atoms. The average Bonchev–Trinajstić information content (AvgIpc) is 3.07. The third-order valence-electron chi connectivity index (χ3n) is 3.94. The van der Waals surface area contributed by atoms with Crippen LogP contribution in [0.3, 0.4) is 0 Å². The van der Waals surface area contributed by atoms with E-state index in [1.54, 1.807) is 36.4 Å². The Labute approximate surface area is 132 Å². The van der Waals surface area contributed by atoms with Crippen molar-refractivity contribution in [2.45, 2.75) is 19.1 Å². The van der Waals surface area contributed by atoms with Crippen LogP contribution in [0.1, 0.15) is 6.92 Å². The van der Waals surface area contributed by atoms with E-state index < -0.39 is 35.9 Å². The predicted molar refractivity (Wildman–Crippen MR) is 81.8 cm³/mol. The van der Waals surface area contributed by atoms with Crippen molar-refractivity contribution in [2.24, 2.45) is 11.8 Å². The summed E-state index contributed by atoms with van der Waals surface area (Å²) in [4.78, 5) is 34.9. The van der Waals surface area contributed by atoms with Crippen molar-refractivity contribution in [2.75, 3.05) is 10.6 Å². The van der Waals surface area contributed by atoms with Gasteiger partial charge in [-0.1, -0.05) is 18.2 Å². The smallest absolute Gasteiger partial charge is 0.310 e. The standard InChI is InChI=1S/C16H16N2O5/c1-8(19)17-9-3-2-4-10(7-9)18-15(20)13-11-5-6-12(23-11)14(13)16(21)22/h2-7,11-14H,1H3,(H,17,19)(H,18,20)(H,21,22)/t11-,12-,13+,14-/m0/s1. The predicted octanol–water partition coefficient (Wildman–Crippen LogP) is 1.24. The summed E-state index contributed by atoms with van der Waals surface area (Å²) < 4.78 is 5.48. The van der Waals surface area contributed by atoms with Gasteiger partial charge in [-0.3, -0.25) is 14.4 Å². The lowest BCUT2D eigenvalue weighted by Crippen LogP contribution is -2.39. The molecule has 1 aromatic rings. The second-order valence-electron chi connectivity index (χ2n) is 5.59. The molecule has 4 atom stereocenters. The van der Waals surface area contributed by atoms with E-state index >= 15 is 0 Å². The van der Waals surface area contributed by atoms with Crippen molar-refractivity contribution in [3.63, 3.8) is 0 Å². The monoisotopic (exact) mass is 316 g/mol. The fourth-order valence-corrected chi connectivity index (χ4v) is 3.02. The molecule has 0 aromatic heterocycles. The van der Waals surface area contributed by atoms with Gasteiger partial charge in [0.2, 0.25) is 11.8 Å². The first-order valence-electron chi connectivity index (χ1n) is 7.21. The summed E-state index contributed by atoms with van der Waals surface area (Å²) in [7, 11) is 0. The quantitative estimate of drug-likeness (QED) is 0.725. The second kappa shape index (κ2) is 5.85. The molecule has 0 radical (unpaired) electrons. The van der Waals surface area contributed by atoms with E-state index in [0.717, 1.165) is 0 Å². The summed E-state index contributed by atoms with van der Waals surface area (Å²) in [5, 5.41) is 14.6. The van der Waals surface area contributed by atoms with Gasteiger partial charge >= 0.3 is 5.97 Å². The zero-order valence-electron chi connectivity index (χ0n) is 12.4. The topological polar surface area (TPSA) is 105 Å². The van der Waals surface area contributed by atoms with Crippen LogP contribution in [-0.4, -0.2) is 35.1 Å². The Hall–Kier alpha value is -2.67. The molecule has 2 amide bonds. The molecule has 0 saturated carbocycles. The lowest BCUT2D eigenvalue weighted by molar-refractivity contribution is -0.145. The van der Waals surface area contributed by atoms with E-state index in [9.17, 15) is 19.5 Å². The number of aliphatic carboxylic acids is 1. The van der Waals surface area contributed by atoms with Crippen LogP contribution >= 0.6 is 0 Å². The Morgan fingerprint density at radius 2 is 1.65 bits per heavy atom.